The van der Waals surface area contributed by atoms with Crippen LogP contribution >= 0.6 is 7.60 Å². The third-order valence-corrected chi connectivity index (χ3v) is 4.06. The highest BCUT2D eigenvalue weighted by Gasteiger charge is 2.45. The molecule has 1 aromatic carbocycles. The Hall–Kier alpha value is -1.89. The maximum atomic E-state index is 11.9. The molecule has 0 bridgehead atoms. The van der Waals surface area contributed by atoms with Crippen LogP contribution in [0, 0.1) is 5.41 Å². The number of hydrogen-bond acceptors (Lipinski definition) is 4. The van der Waals surface area contributed by atoms with E-state index in [4.69, 9.17) is 15.2 Å². The second-order valence-electron chi connectivity index (χ2n) is 5.06. The minimum atomic E-state index is -4.18. The van der Waals surface area contributed by atoms with Crippen LogP contribution in [0.3, 0.4) is 0 Å². The van der Waals surface area contributed by atoms with Crippen molar-refractivity contribution >= 4 is 25.1 Å². The molecule has 1 aliphatic heterocycles. The van der Waals surface area contributed by atoms with Crippen LogP contribution in [0.1, 0.15) is 13.3 Å². The van der Waals surface area contributed by atoms with Gasteiger partial charge in [-0.25, -0.2) is 4.79 Å². The number of rotatable bonds is 5. The number of amides is 2. The monoisotopic (exact) mass is 312 g/mol. The number of nitrogens with one attached hydrogen (secondary N) is 3. The van der Waals surface area contributed by atoms with Crippen molar-refractivity contribution in [2.45, 2.75) is 18.9 Å². The highest BCUT2D eigenvalue weighted by molar-refractivity contribution is 7.51. The average molecular weight is 312 g/mol. The van der Waals surface area contributed by atoms with Crippen molar-refractivity contribution < 1.29 is 19.1 Å². The van der Waals surface area contributed by atoms with Crippen molar-refractivity contribution in [3.63, 3.8) is 0 Å². The second kappa shape index (κ2) is 5.48. The molecule has 1 heterocycles. The molecule has 114 valence electrons. The van der Waals surface area contributed by atoms with Gasteiger partial charge in [-0.05, 0) is 25.5 Å². The summed E-state index contributed by atoms with van der Waals surface area (Å²) >= 11 is 0. The van der Waals surface area contributed by atoms with Gasteiger partial charge < -0.3 is 15.1 Å². The van der Waals surface area contributed by atoms with Crippen molar-refractivity contribution in [2.75, 3.05) is 11.6 Å². The summed E-state index contributed by atoms with van der Waals surface area (Å²) in [6, 6.07) is 8.35. The third kappa shape index (κ3) is 3.60. The van der Waals surface area contributed by atoms with Gasteiger partial charge in [-0.2, -0.15) is 5.01 Å². The van der Waals surface area contributed by atoms with Gasteiger partial charge in [0.05, 0.1) is 17.4 Å². The molecule has 8 nitrogen and oxygen atoms in total. The van der Waals surface area contributed by atoms with E-state index >= 15 is 0 Å². The maximum Gasteiger partial charge on any atom is 0.342 e. The summed E-state index contributed by atoms with van der Waals surface area (Å²) in [5.41, 5.74) is 2.32. The van der Waals surface area contributed by atoms with Gasteiger partial charge in [0.15, 0.2) is 5.84 Å². The number of urea groups is 1. The van der Waals surface area contributed by atoms with Crippen LogP contribution in [0.15, 0.2) is 30.3 Å². The minimum absolute atomic E-state index is 0.0190. The van der Waals surface area contributed by atoms with Crippen molar-refractivity contribution in [3.05, 3.63) is 30.3 Å². The fourth-order valence-corrected chi connectivity index (χ4v) is 2.74. The van der Waals surface area contributed by atoms with E-state index in [0.29, 0.717) is 5.69 Å². The molecule has 0 saturated carbocycles. The second-order valence-corrected chi connectivity index (χ2v) is 6.84. The van der Waals surface area contributed by atoms with Crippen molar-refractivity contribution in [3.8, 4) is 0 Å². The smallest absolute Gasteiger partial charge is 0.324 e. The zero-order valence-corrected chi connectivity index (χ0v) is 12.3. The number of hydrazine groups is 1. The molecule has 1 saturated heterocycles. The summed E-state index contributed by atoms with van der Waals surface area (Å²) in [6.07, 6.45) is -0.417. The number of benzene rings is 1. The molecule has 1 aromatic rings. The highest BCUT2D eigenvalue weighted by atomic mass is 31.2. The van der Waals surface area contributed by atoms with Crippen LogP contribution in [0.25, 0.3) is 0 Å². The molecule has 21 heavy (non-hydrogen) atoms. The third-order valence-electron chi connectivity index (χ3n) is 3.25. The first kappa shape index (κ1) is 15.5. The van der Waals surface area contributed by atoms with Gasteiger partial charge in [-0.15, -0.1) is 0 Å². The summed E-state index contributed by atoms with van der Waals surface area (Å²) in [7, 11) is -4.18. The van der Waals surface area contributed by atoms with E-state index in [2.05, 4.69) is 10.7 Å². The molecule has 0 radical (unpaired) electrons. The summed E-state index contributed by atoms with van der Waals surface area (Å²) in [5.74, 6) is -0.0789. The zero-order valence-electron chi connectivity index (χ0n) is 11.4. The van der Waals surface area contributed by atoms with Gasteiger partial charge in [0.25, 0.3) is 0 Å². The fraction of sp³-hybridized carbons (Fsp3) is 0.333. The van der Waals surface area contributed by atoms with Crippen molar-refractivity contribution in [1.82, 2.24) is 10.3 Å². The Morgan fingerprint density at radius 1 is 1.38 bits per heavy atom. The molecular formula is C12H17N4O4P. The first-order chi connectivity index (χ1) is 9.71. The predicted octanol–water partition coefficient (Wildman–Crippen LogP) is 1.34. The SMILES string of the molecule is CC1(CCP(=O)(O)O)NC(=O)N(Nc2ccccc2)C1=N. The number of carbonyl (C=O) groups is 1. The first-order valence-electron chi connectivity index (χ1n) is 6.29. The fourth-order valence-electron chi connectivity index (χ4n) is 2.00. The van der Waals surface area contributed by atoms with Crippen LogP contribution in [0.5, 0.6) is 0 Å². The molecule has 9 heteroatoms. The Morgan fingerprint density at radius 2 is 2.00 bits per heavy atom. The first-order valence-corrected chi connectivity index (χ1v) is 8.09. The topological polar surface area (TPSA) is 126 Å². The molecule has 1 unspecified atom stereocenters. The molecule has 1 atom stereocenters. The van der Waals surface area contributed by atoms with Crippen LogP contribution in [-0.2, 0) is 4.57 Å². The quantitative estimate of drug-likeness (QED) is 0.525. The lowest BCUT2D eigenvalue weighted by Crippen LogP contribution is -2.44. The van der Waals surface area contributed by atoms with Gasteiger partial charge in [0, 0.05) is 0 Å². The molecule has 2 rings (SSSR count). The van der Waals surface area contributed by atoms with Crippen molar-refractivity contribution in [1.29, 1.82) is 5.41 Å². The Labute approximate surface area is 121 Å². The van der Waals surface area contributed by atoms with E-state index in [-0.39, 0.29) is 12.3 Å². The molecular weight excluding hydrogens is 295 g/mol. The molecule has 1 fully saturated rings. The predicted molar refractivity (Wildman–Crippen MR) is 78.1 cm³/mol. The van der Waals surface area contributed by atoms with E-state index in [1.165, 1.54) is 0 Å². The molecule has 0 aromatic heterocycles. The largest absolute Gasteiger partial charge is 0.342 e. The summed E-state index contributed by atoms with van der Waals surface area (Å²) in [4.78, 5) is 29.8. The number of nitrogens with zero attached hydrogens (tertiary/aromatic N) is 1. The summed E-state index contributed by atoms with van der Waals surface area (Å²) in [6.45, 7) is 1.57. The molecule has 5 N–H and O–H groups in total. The molecule has 2 amide bonds. The van der Waals surface area contributed by atoms with E-state index in [0.717, 1.165) is 5.01 Å². The van der Waals surface area contributed by atoms with Crippen molar-refractivity contribution in [2.24, 2.45) is 0 Å². The highest BCUT2D eigenvalue weighted by Crippen LogP contribution is 2.38. The summed E-state index contributed by atoms with van der Waals surface area (Å²) in [5, 5.41) is 11.7. The van der Waals surface area contributed by atoms with Gasteiger partial charge in [-0.3, -0.25) is 15.4 Å². The van der Waals surface area contributed by atoms with Gasteiger partial charge in [-0.1, -0.05) is 18.2 Å². The van der Waals surface area contributed by atoms with Gasteiger partial charge in [0.1, 0.15) is 0 Å². The van der Waals surface area contributed by atoms with Crippen LogP contribution < -0.4 is 10.7 Å². The number of anilines is 1. The lowest BCUT2D eigenvalue weighted by Gasteiger charge is -2.24. The van der Waals surface area contributed by atoms with E-state index in [9.17, 15) is 9.36 Å². The van der Waals surface area contributed by atoms with Gasteiger partial charge >= 0.3 is 13.6 Å². The number of hydrogen-bond donors (Lipinski definition) is 5. The van der Waals surface area contributed by atoms with E-state index in [1.807, 2.05) is 6.07 Å². The minimum Gasteiger partial charge on any atom is -0.324 e. The lowest BCUT2D eigenvalue weighted by atomic mass is 9.99. The normalized spacial score (nSPS) is 22.3. The Morgan fingerprint density at radius 3 is 2.57 bits per heavy atom. The summed E-state index contributed by atoms with van der Waals surface area (Å²) < 4.78 is 11.0. The Bertz CT molecular complexity index is 603. The van der Waals surface area contributed by atoms with E-state index in [1.54, 1.807) is 31.2 Å². The molecule has 0 aliphatic carbocycles. The Kier molecular flexibility index (Phi) is 4.04. The maximum absolute atomic E-state index is 11.9. The number of para-hydroxylation sites is 1. The number of carbonyl (C=O) groups excluding carboxylic acids is 1. The lowest BCUT2D eigenvalue weighted by molar-refractivity contribution is 0.230. The Balaban J connectivity index is 2.11. The van der Waals surface area contributed by atoms with Crippen LogP contribution in [0.2, 0.25) is 0 Å². The average Bonchev–Trinajstić information content (AvgIpc) is 2.62. The molecule has 0 spiro atoms. The standard InChI is InChI=1S/C12H17N4O4P/c1-12(7-8-21(18,19)20)10(13)16(11(17)14-12)15-9-5-3-2-4-6-9/h2-6,13,15H,7-8H2,1H3,(H,14,17)(H2,18,19,20). The van der Waals surface area contributed by atoms with Crippen LogP contribution in [-0.4, -0.2) is 38.4 Å². The zero-order chi connectivity index (χ0) is 15.7. The van der Waals surface area contributed by atoms with Gasteiger partial charge in [0.2, 0.25) is 0 Å². The molecule has 1 aliphatic rings. The van der Waals surface area contributed by atoms with E-state index < -0.39 is 25.3 Å². The van der Waals surface area contributed by atoms with Crippen LogP contribution in [0.4, 0.5) is 10.5 Å². The number of amidine groups is 1.